The van der Waals surface area contributed by atoms with Gasteiger partial charge in [-0.05, 0) is 102 Å². The summed E-state index contributed by atoms with van der Waals surface area (Å²) in [4.78, 5) is 83.1. The first-order chi connectivity index (χ1) is 29.8. The molecule has 2 aliphatic carbocycles. The summed E-state index contributed by atoms with van der Waals surface area (Å²) < 4.78 is 9.62. The number of methoxy groups -OCH3 is 2. The fraction of sp³-hybridized carbons (Fsp3) is 0.438. The third-order valence-corrected chi connectivity index (χ3v) is 13.6. The van der Waals surface area contributed by atoms with Gasteiger partial charge >= 0.3 is 12.2 Å². The van der Waals surface area contributed by atoms with Crippen LogP contribution in [0.1, 0.15) is 93.2 Å². The van der Waals surface area contributed by atoms with Crippen LogP contribution in [0.25, 0.3) is 33.5 Å². The number of aliphatic imine (C=N–C) groups is 1. The number of aromatic amines is 1. The number of hydrogen-bond donors (Lipinski definition) is 3. The molecule has 1 saturated carbocycles. The average molecular weight is 840 g/mol. The largest absolute Gasteiger partial charge is 0.453 e. The highest BCUT2D eigenvalue weighted by Crippen LogP contribution is 2.47. The van der Waals surface area contributed by atoms with Gasteiger partial charge in [0.15, 0.2) is 5.78 Å². The van der Waals surface area contributed by atoms with Gasteiger partial charge in [-0.1, -0.05) is 58.0 Å². The van der Waals surface area contributed by atoms with Gasteiger partial charge in [-0.2, -0.15) is 0 Å². The number of amides is 4. The second-order valence-corrected chi connectivity index (χ2v) is 18.0. The minimum absolute atomic E-state index is 0.0435. The molecule has 3 aliphatic heterocycles. The number of carbonyl (C=O) groups is 5. The Morgan fingerprint density at radius 2 is 1.40 bits per heavy atom. The van der Waals surface area contributed by atoms with Crippen LogP contribution in [0.5, 0.6) is 0 Å². The maximum Gasteiger partial charge on any atom is 0.407 e. The number of ketones is 1. The lowest BCUT2D eigenvalue weighted by atomic mass is 9.90. The van der Waals surface area contributed by atoms with Gasteiger partial charge in [0.05, 0.1) is 43.9 Å². The van der Waals surface area contributed by atoms with E-state index in [1.807, 2.05) is 75.1 Å². The number of nitrogens with one attached hydrogen (secondary N) is 3. The molecule has 322 valence electrons. The Labute approximate surface area is 360 Å². The maximum absolute atomic E-state index is 14.1. The van der Waals surface area contributed by atoms with E-state index >= 15 is 0 Å². The second-order valence-electron chi connectivity index (χ2n) is 18.0. The Bertz CT molecular complexity index is 2530. The van der Waals surface area contributed by atoms with Crippen molar-refractivity contribution in [2.45, 2.75) is 96.4 Å². The third-order valence-electron chi connectivity index (χ3n) is 13.6. The van der Waals surface area contributed by atoms with Crippen LogP contribution in [0.3, 0.4) is 0 Å². The summed E-state index contributed by atoms with van der Waals surface area (Å²) in [6.07, 6.45) is 5.60. The predicted molar refractivity (Wildman–Crippen MR) is 233 cm³/mol. The fourth-order valence-corrected chi connectivity index (χ4v) is 10.4. The summed E-state index contributed by atoms with van der Waals surface area (Å²) in [5.74, 6) is 0.446. The molecule has 3 fully saturated rings. The average Bonchev–Trinajstić information content (AvgIpc) is 4.14. The molecule has 3 N–H and O–H groups in total. The number of piperidine rings is 1. The summed E-state index contributed by atoms with van der Waals surface area (Å²) in [5, 5.41) is 5.47. The zero-order valence-corrected chi connectivity index (χ0v) is 36.0. The molecule has 6 atom stereocenters. The highest BCUT2D eigenvalue weighted by molar-refractivity contribution is 6.22. The zero-order chi connectivity index (χ0) is 43.6. The van der Waals surface area contributed by atoms with Crippen molar-refractivity contribution >= 4 is 41.2 Å². The summed E-state index contributed by atoms with van der Waals surface area (Å²) in [7, 11) is 2.59. The smallest absolute Gasteiger partial charge is 0.407 e. The van der Waals surface area contributed by atoms with Crippen molar-refractivity contribution in [1.29, 1.82) is 0 Å². The molecule has 62 heavy (non-hydrogen) atoms. The van der Waals surface area contributed by atoms with Crippen LogP contribution < -0.4 is 10.6 Å². The van der Waals surface area contributed by atoms with Crippen molar-refractivity contribution in [3.8, 4) is 33.5 Å². The number of likely N-dealkylation sites (tertiary alicyclic amines) is 2. The molecule has 2 saturated heterocycles. The van der Waals surface area contributed by atoms with E-state index in [2.05, 4.69) is 27.8 Å². The first-order valence-electron chi connectivity index (χ1n) is 21.8. The van der Waals surface area contributed by atoms with E-state index < -0.39 is 24.3 Å². The minimum atomic E-state index is -0.725. The molecular formula is C48H53N7O7. The van der Waals surface area contributed by atoms with Crippen LogP contribution in [-0.4, -0.2) is 100 Å². The van der Waals surface area contributed by atoms with E-state index in [-0.39, 0.29) is 47.6 Å². The molecule has 14 nitrogen and oxygen atoms in total. The first-order valence-corrected chi connectivity index (χ1v) is 21.8. The monoisotopic (exact) mass is 839 g/mol. The van der Waals surface area contributed by atoms with Gasteiger partial charge in [0.1, 0.15) is 17.9 Å². The van der Waals surface area contributed by atoms with Gasteiger partial charge in [0, 0.05) is 41.4 Å². The molecule has 14 heteroatoms. The normalized spacial score (nSPS) is 21.7. The van der Waals surface area contributed by atoms with Crippen LogP contribution in [0.4, 0.5) is 15.3 Å². The quantitative estimate of drug-likeness (QED) is 0.131. The maximum atomic E-state index is 14.1. The standard InChI is InChI=1S/C48H53N7O7/c1-24(2)40(52-47(59)61-5)45(57)54-17-7-8-39(54)44-49-23-38(51-44)28-11-15-33-32-14-10-27(20-34(32)43(56)35(33)21-28)26-12-16-36-30(18-26)22-37(50-36)42-29-9-13-31(19-29)55(42)46(58)41(25(3)4)53-48(60)62-6/h10-12,14-16,18,20-21,23-25,29,31,39-42H,7-9,13,17,19,22H2,1-6H3,(H,49,51)(H,52,59)(H,53,60)/t29-,31+,39?,40-,41-,42-/m0/s1. The number of imidazole rings is 1. The van der Waals surface area contributed by atoms with Crippen molar-refractivity contribution in [1.82, 2.24) is 30.4 Å². The number of hydrogen-bond acceptors (Lipinski definition) is 9. The molecule has 1 unspecified atom stereocenters. The number of fused-ring (bicyclic) bond motifs is 6. The number of benzene rings is 3. The molecule has 0 radical (unpaired) electrons. The Kier molecular flexibility index (Phi) is 10.7. The molecule has 1 aromatic heterocycles. The molecule has 0 spiro atoms. The molecule has 3 aromatic carbocycles. The molecule has 2 bridgehead atoms. The lowest BCUT2D eigenvalue weighted by Gasteiger charge is -2.38. The number of ether oxygens (including phenoxy) is 2. The molecule has 4 aromatic rings. The summed E-state index contributed by atoms with van der Waals surface area (Å²) in [6.45, 7) is 8.19. The van der Waals surface area contributed by atoms with Crippen molar-refractivity contribution in [2.75, 3.05) is 20.8 Å². The SMILES string of the molecule is COC(=O)N[C@H](C(=O)N1CCCC1c1ncc(-c2ccc3c(c2)C(=O)c2cc(-c4ccc5c(c4)CC([C@@H]4[C@H]6CC[C@H](C6)N4C(=O)[C@@H](NC(=O)OC)C(C)C)=N5)ccc2-3)[nH]1)C(C)C. The Morgan fingerprint density at radius 3 is 2.08 bits per heavy atom. The zero-order valence-electron chi connectivity index (χ0n) is 36.0. The van der Waals surface area contributed by atoms with Crippen LogP contribution in [0.2, 0.25) is 0 Å². The first kappa shape index (κ1) is 41.1. The number of H-pyrrole nitrogens is 1. The van der Waals surface area contributed by atoms with E-state index in [1.165, 1.54) is 14.2 Å². The molecular weight excluding hydrogens is 787 g/mol. The van der Waals surface area contributed by atoms with Gasteiger partial charge in [-0.15, -0.1) is 0 Å². The second kappa shape index (κ2) is 16.2. The Morgan fingerprint density at radius 1 is 0.774 bits per heavy atom. The summed E-state index contributed by atoms with van der Waals surface area (Å²) in [6, 6.07) is 16.5. The van der Waals surface area contributed by atoms with Gasteiger partial charge in [0.2, 0.25) is 11.8 Å². The van der Waals surface area contributed by atoms with Crippen LogP contribution in [-0.2, 0) is 25.5 Å². The van der Waals surface area contributed by atoms with E-state index in [1.54, 1.807) is 11.1 Å². The van der Waals surface area contributed by atoms with Gasteiger partial charge in [-0.25, -0.2) is 14.6 Å². The highest BCUT2D eigenvalue weighted by atomic mass is 16.5. The molecule has 9 rings (SSSR count). The Hall–Kier alpha value is -6.31. The third kappa shape index (κ3) is 7.12. The topological polar surface area (TPSA) is 175 Å². The van der Waals surface area contributed by atoms with Crippen LogP contribution in [0.15, 0.2) is 65.8 Å². The molecule has 4 heterocycles. The summed E-state index contributed by atoms with van der Waals surface area (Å²) in [5.41, 5.74) is 9.49. The van der Waals surface area contributed by atoms with E-state index in [0.717, 1.165) is 82.6 Å². The van der Waals surface area contributed by atoms with Gasteiger partial charge in [0.25, 0.3) is 0 Å². The number of rotatable bonds is 10. The van der Waals surface area contributed by atoms with Crippen molar-refractivity contribution < 1.29 is 33.4 Å². The van der Waals surface area contributed by atoms with E-state index in [9.17, 15) is 24.0 Å². The highest BCUT2D eigenvalue weighted by Gasteiger charge is 2.52. The van der Waals surface area contributed by atoms with Crippen molar-refractivity contribution in [3.63, 3.8) is 0 Å². The van der Waals surface area contributed by atoms with E-state index in [0.29, 0.717) is 35.8 Å². The number of alkyl carbamates (subject to hydrolysis) is 2. The van der Waals surface area contributed by atoms with Crippen molar-refractivity contribution in [2.24, 2.45) is 22.7 Å². The van der Waals surface area contributed by atoms with Gasteiger partial charge in [-0.3, -0.25) is 19.4 Å². The predicted octanol–water partition coefficient (Wildman–Crippen LogP) is 7.39. The Balaban J connectivity index is 0.907. The van der Waals surface area contributed by atoms with Gasteiger partial charge < -0.3 is 34.9 Å². The van der Waals surface area contributed by atoms with Crippen LogP contribution in [0, 0.1) is 17.8 Å². The molecule has 4 amide bonds. The lowest BCUT2D eigenvalue weighted by Crippen LogP contribution is -2.57. The number of nitrogens with zero attached hydrogens (tertiary/aromatic N) is 4. The van der Waals surface area contributed by atoms with E-state index in [4.69, 9.17) is 19.5 Å². The lowest BCUT2D eigenvalue weighted by molar-refractivity contribution is -0.137. The number of aromatic nitrogens is 2. The fourth-order valence-electron chi connectivity index (χ4n) is 10.4. The summed E-state index contributed by atoms with van der Waals surface area (Å²) >= 11 is 0. The molecule has 5 aliphatic rings. The number of carbonyl (C=O) groups excluding carboxylic acids is 5. The van der Waals surface area contributed by atoms with Crippen LogP contribution >= 0.6 is 0 Å². The van der Waals surface area contributed by atoms with Crippen molar-refractivity contribution in [3.05, 3.63) is 83.3 Å². The minimum Gasteiger partial charge on any atom is -0.453 e.